The van der Waals surface area contributed by atoms with E-state index in [1.165, 1.54) is 11.8 Å². The van der Waals surface area contributed by atoms with E-state index >= 15 is 0 Å². The van der Waals surface area contributed by atoms with Crippen LogP contribution >= 0.6 is 11.8 Å². The second kappa shape index (κ2) is 7.99. The van der Waals surface area contributed by atoms with Gasteiger partial charge in [0.1, 0.15) is 5.60 Å². The number of hydrogen-bond donors (Lipinski definition) is 1. The molecule has 1 atom stereocenters. The molecule has 0 saturated heterocycles. The molecule has 5 nitrogen and oxygen atoms in total. The summed E-state index contributed by atoms with van der Waals surface area (Å²) in [6, 6.07) is 17.5. The third kappa shape index (κ3) is 4.81. The molecule has 2 aromatic rings. The molecule has 0 aliphatic carbocycles. The van der Waals surface area contributed by atoms with Gasteiger partial charge in [0.15, 0.2) is 4.87 Å². The first-order valence-electron chi connectivity index (χ1n) is 10.1. The fourth-order valence-electron chi connectivity index (χ4n) is 3.50. The summed E-state index contributed by atoms with van der Waals surface area (Å²) in [7, 11) is 0. The van der Waals surface area contributed by atoms with Crippen molar-refractivity contribution in [2.75, 3.05) is 4.90 Å². The highest BCUT2D eigenvalue weighted by Gasteiger charge is 2.55. The number of carbonyl (C=O) groups excluding carboxylic acids is 2. The number of carbonyl (C=O) groups is 2. The SMILES string of the molecule is CC(C)(C)OC(=O)N[C@@]1(SC(C)(C)C)C(=O)N(Cc2ccccc2)c2ccccc21. The maximum Gasteiger partial charge on any atom is 0.409 e. The second-order valence-corrected chi connectivity index (χ2v) is 11.5. The van der Waals surface area contributed by atoms with E-state index in [-0.39, 0.29) is 10.7 Å². The molecule has 3 rings (SSSR count). The first kappa shape index (κ1) is 22.2. The number of anilines is 1. The lowest BCUT2D eigenvalue weighted by molar-refractivity contribution is -0.121. The average Bonchev–Trinajstić information content (AvgIpc) is 2.82. The largest absolute Gasteiger partial charge is 0.444 e. The Morgan fingerprint density at radius 1 is 1.00 bits per heavy atom. The van der Waals surface area contributed by atoms with Gasteiger partial charge in [-0.05, 0) is 32.4 Å². The number of ether oxygens (including phenoxy) is 1. The highest BCUT2D eigenvalue weighted by molar-refractivity contribution is 8.02. The van der Waals surface area contributed by atoms with Crippen LogP contribution in [0.4, 0.5) is 10.5 Å². The fourth-order valence-corrected chi connectivity index (χ4v) is 5.03. The molecular formula is C24H30N2O3S. The molecule has 160 valence electrons. The third-order valence-corrected chi connectivity index (χ3v) is 5.86. The molecule has 30 heavy (non-hydrogen) atoms. The van der Waals surface area contributed by atoms with Crippen LogP contribution in [0.1, 0.15) is 52.7 Å². The fraction of sp³-hybridized carbons (Fsp3) is 0.417. The smallest absolute Gasteiger partial charge is 0.409 e. The zero-order valence-electron chi connectivity index (χ0n) is 18.5. The van der Waals surface area contributed by atoms with Crippen LogP contribution in [-0.4, -0.2) is 22.3 Å². The number of nitrogens with zero attached hydrogens (tertiary/aromatic N) is 1. The van der Waals surface area contributed by atoms with Crippen LogP contribution in [0.15, 0.2) is 54.6 Å². The molecule has 0 radical (unpaired) electrons. The summed E-state index contributed by atoms with van der Waals surface area (Å²) in [5.74, 6) is -0.168. The lowest BCUT2D eigenvalue weighted by Gasteiger charge is -2.35. The van der Waals surface area contributed by atoms with Gasteiger partial charge in [-0.2, -0.15) is 0 Å². The van der Waals surface area contributed by atoms with Gasteiger partial charge in [-0.1, -0.05) is 69.3 Å². The number of benzene rings is 2. The van der Waals surface area contributed by atoms with Crippen LogP contribution in [0, 0.1) is 0 Å². The van der Waals surface area contributed by atoms with Crippen LogP contribution in [0.5, 0.6) is 0 Å². The van der Waals surface area contributed by atoms with Crippen LogP contribution in [0.3, 0.4) is 0 Å². The van der Waals surface area contributed by atoms with Gasteiger partial charge in [-0.25, -0.2) is 4.79 Å². The van der Waals surface area contributed by atoms with Gasteiger partial charge in [0, 0.05) is 10.3 Å². The Morgan fingerprint density at radius 3 is 2.20 bits per heavy atom. The quantitative estimate of drug-likeness (QED) is 0.661. The van der Waals surface area contributed by atoms with Gasteiger partial charge in [-0.15, -0.1) is 11.8 Å². The van der Waals surface area contributed by atoms with E-state index in [1.54, 1.807) is 4.90 Å². The molecule has 6 heteroatoms. The molecule has 0 saturated carbocycles. The number of thioether (sulfide) groups is 1. The minimum Gasteiger partial charge on any atom is -0.444 e. The molecular weight excluding hydrogens is 396 g/mol. The number of amides is 2. The Kier molecular flexibility index (Phi) is 5.92. The van der Waals surface area contributed by atoms with Crippen molar-refractivity contribution in [3.63, 3.8) is 0 Å². The summed E-state index contributed by atoms with van der Waals surface area (Å²) in [4.78, 5) is 27.2. The monoisotopic (exact) mass is 426 g/mol. The summed E-state index contributed by atoms with van der Waals surface area (Å²) in [6.07, 6.45) is -0.607. The van der Waals surface area contributed by atoms with Crippen molar-refractivity contribution in [2.24, 2.45) is 0 Å². The minimum atomic E-state index is -1.26. The topological polar surface area (TPSA) is 58.6 Å². The Labute approximate surface area is 183 Å². The zero-order chi connectivity index (χ0) is 22.2. The van der Waals surface area contributed by atoms with Crippen molar-refractivity contribution in [3.05, 3.63) is 65.7 Å². The minimum absolute atomic E-state index is 0.168. The van der Waals surface area contributed by atoms with Gasteiger partial charge in [0.05, 0.1) is 12.2 Å². The molecule has 1 N–H and O–H groups in total. The van der Waals surface area contributed by atoms with Crippen molar-refractivity contribution in [1.82, 2.24) is 5.32 Å². The van der Waals surface area contributed by atoms with E-state index in [9.17, 15) is 9.59 Å². The van der Waals surface area contributed by atoms with Crippen LogP contribution in [-0.2, 0) is 20.9 Å². The molecule has 1 aliphatic heterocycles. The van der Waals surface area contributed by atoms with Gasteiger partial charge in [-0.3, -0.25) is 10.1 Å². The normalized spacial score (nSPS) is 18.9. The summed E-state index contributed by atoms with van der Waals surface area (Å²) in [6.45, 7) is 12.0. The lowest BCUT2D eigenvalue weighted by Crippen LogP contribution is -2.53. The van der Waals surface area contributed by atoms with Crippen molar-refractivity contribution in [3.8, 4) is 0 Å². The highest BCUT2D eigenvalue weighted by atomic mass is 32.2. The van der Waals surface area contributed by atoms with Gasteiger partial charge in [0.25, 0.3) is 5.91 Å². The van der Waals surface area contributed by atoms with Crippen molar-refractivity contribution in [2.45, 2.75) is 63.3 Å². The standard InChI is InChI=1S/C24H30N2O3S/c1-22(2,3)29-21(28)25-24(30-23(4,5)6)18-14-10-11-15-19(18)26(20(24)27)16-17-12-8-7-9-13-17/h7-15H,16H2,1-6H3,(H,25,28)/t24-/m0/s1. The first-order valence-corrected chi connectivity index (χ1v) is 10.9. The predicted molar refractivity (Wildman–Crippen MR) is 122 cm³/mol. The van der Waals surface area contributed by atoms with Gasteiger partial charge < -0.3 is 9.64 Å². The number of para-hydroxylation sites is 1. The molecule has 2 aromatic carbocycles. The molecule has 0 aromatic heterocycles. The maximum atomic E-state index is 13.9. The zero-order valence-corrected chi connectivity index (χ0v) is 19.3. The van der Waals surface area contributed by atoms with E-state index in [0.29, 0.717) is 6.54 Å². The highest BCUT2D eigenvalue weighted by Crippen LogP contribution is 2.51. The number of hydrogen-bond acceptors (Lipinski definition) is 4. The Hall–Kier alpha value is -2.47. The van der Waals surface area contributed by atoms with Gasteiger partial charge >= 0.3 is 6.09 Å². The van der Waals surface area contributed by atoms with E-state index in [0.717, 1.165) is 16.8 Å². The molecule has 0 unspecified atom stereocenters. The number of rotatable bonds is 4. The molecule has 1 aliphatic rings. The van der Waals surface area contributed by atoms with Gasteiger partial charge in [0.2, 0.25) is 0 Å². The Morgan fingerprint density at radius 2 is 1.60 bits per heavy atom. The van der Waals surface area contributed by atoms with E-state index in [2.05, 4.69) is 5.32 Å². The molecule has 0 spiro atoms. The van der Waals surface area contributed by atoms with Crippen LogP contribution < -0.4 is 10.2 Å². The third-order valence-electron chi connectivity index (χ3n) is 4.44. The van der Waals surface area contributed by atoms with E-state index < -0.39 is 16.6 Å². The number of nitrogens with one attached hydrogen (secondary N) is 1. The molecule has 1 heterocycles. The summed E-state index contributed by atoms with van der Waals surface area (Å²) in [5, 5.41) is 2.94. The Bertz CT molecular complexity index is 931. The van der Waals surface area contributed by atoms with Crippen LogP contribution in [0.2, 0.25) is 0 Å². The second-order valence-electron chi connectivity index (χ2n) is 9.42. The summed E-state index contributed by atoms with van der Waals surface area (Å²) < 4.78 is 5.23. The Balaban J connectivity index is 2.06. The van der Waals surface area contributed by atoms with Crippen LogP contribution in [0.25, 0.3) is 0 Å². The molecule has 0 bridgehead atoms. The van der Waals surface area contributed by atoms with E-state index in [4.69, 9.17) is 4.74 Å². The van der Waals surface area contributed by atoms with Crippen molar-refractivity contribution < 1.29 is 14.3 Å². The summed E-state index contributed by atoms with van der Waals surface area (Å²) >= 11 is 1.43. The average molecular weight is 427 g/mol. The summed E-state index contributed by atoms with van der Waals surface area (Å²) in [5.41, 5.74) is 1.94. The molecule has 0 fully saturated rings. The number of fused-ring (bicyclic) bond motifs is 1. The molecule has 2 amide bonds. The number of alkyl carbamates (subject to hydrolysis) is 1. The van der Waals surface area contributed by atoms with Crippen molar-refractivity contribution >= 4 is 29.4 Å². The maximum absolute atomic E-state index is 13.9. The predicted octanol–water partition coefficient (Wildman–Crippen LogP) is 5.44. The lowest BCUT2D eigenvalue weighted by atomic mass is 10.1. The first-order chi connectivity index (χ1) is 13.9. The van der Waals surface area contributed by atoms with E-state index in [1.807, 2.05) is 96.1 Å². The van der Waals surface area contributed by atoms with Crippen molar-refractivity contribution in [1.29, 1.82) is 0 Å².